The van der Waals surface area contributed by atoms with E-state index in [1.54, 1.807) is 6.20 Å². The Hall–Kier alpha value is -2.83. The highest BCUT2D eigenvalue weighted by Gasteiger charge is 2.16. The van der Waals surface area contributed by atoms with Crippen LogP contribution in [0.3, 0.4) is 0 Å². The van der Waals surface area contributed by atoms with Gasteiger partial charge in [0.1, 0.15) is 0 Å². The number of piperazine rings is 1. The number of nitrogens with one attached hydrogen (secondary N) is 1. The number of likely N-dealkylation sites (N-methyl/N-ethyl adjacent to an activating group) is 1. The highest BCUT2D eigenvalue weighted by molar-refractivity contribution is 6.06. The van der Waals surface area contributed by atoms with Crippen molar-refractivity contribution in [2.75, 3.05) is 56.9 Å². The maximum Gasteiger partial charge on any atom is 0.199 e. The van der Waals surface area contributed by atoms with E-state index in [0.29, 0.717) is 16.5 Å². The van der Waals surface area contributed by atoms with Gasteiger partial charge < -0.3 is 25.4 Å². The van der Waals surface area contributed by atoms with E-state index in [0.717, 1.165) is 69.0 Å². The van der Waals surface area contributed by atoms with Gasteiger partial charge in [-0.1, -0.05) is 25.6 Å². The molecule has 0 saturated carbocycles. The molecule has 2 aromatic carbocycles. The van der Waals surface area contributed by atoms with E-state index in [1.165, 1.54) is 0 Å². The predicted octanol–water partition coefficient (Wildman–Crippen LogP) is 3.28. The van der Waals surface area contributed by atoms with Crippen LogP contribution in [0.5, 0.6) is 0 Å². The maximum absolute atomic E-state index is 13.3. The highest BCUT2D eigenvalue weighted by atomic mass is 16.1. The zero-order valence-corrected chi connectivity index (χ0v) is 17.7. The standard InChI is InChI=1S/C24H31N5O/c1-3-27-14-16-28(17-15-27)13-7-12-26-20-11-10-19(25)23-22(20)24(30)18-8-5-6-9-21(18)29(23)4-2/h4-6,8-11,26H,2-3,7,12-17,25H2,1H3. The lowest BCUT2D eigenvalue weighted by molar-refractivity contribution is 0.137. The number of hydrogen-bond acceptors (Lipinski definition) is 5. The lowest BCUT2D eigenvalue weighted by atomic mass is 10.1. The summed E-state index contributed by atoms with van der Waals surface area (Å²) in [7, 11) is 0. The molecule has 1 fully saturated rings. The van der Waals surface area contributed by atoms with Gasteiger partial charge in [-0.15, -0.1) is 0 Å². The Morgan fingerprint density at radius 2 is 1.83 bits per heavy atom. The van der Waals surface area contributed by atoms with Crippen LogP contribution in [0.2, 0.25) is 0 Å². The van der Waals surface area contributed by atoms with Gasteiger partial charge in [-0.3, -0.25) is 4.79 Å². The van der Waals surface area contributed by atoms with Crippen molar-refractivity contribution in [3.8, 4) is 0 Å². The van der Waals surface area contributed by atoms with Gasteiger partial charge in [0.05, 0.1) is 22.1 Å². The zero-order valence-electron chi connectivity index (χ0n) is 17.7. The molecule has 0 unspecified atom stereocenters. The van der Waals surface area contributed by atoms with E-state index in [9.17, 15) is 4.79 Å². The molecule has 3 aromatic rings. The van der Waals surface area contributed by atoms with Crippen LogP contribution in [-0.2, 0) is 0 Å². The number of nitrogens with two attached hydrogens (primary N) is 1. The fourth-order valence-corrected chi connectivity index (χ4v) is 4.42. The average Bonchev–Trinajstić information content (AvgIpc) is 2.79. The number of rotatable bonds is 7. The third-order valence-electron chi connectivity index (χ3n) is 6.15. The first-order chi connectivity index (χ1) is 14.6. The van der Waals surface area contributed by atoms with Gasteiger partial charge >= 0.3 is 0 Å². The summed E-state index contributed by atoms with van der Waals surface area (Å²) in [6.45, 7) is 13.8. The van der Waals surface area contributed by atoms with Crippen molar-refractivity contribution in [2.24, 2.45) is 0 Å². The summed E-state index contributed by atoms with van der Waals surface area (Å²) in [5.74, 6) is 0. The van der Waals surface area contributed by atoms with Gasteiger partial charge in [0.2, 0.25) is 0 Å². The Kier molecular flexibility index (Phi) is 6.06. The van der Waals surface area contributed by atoms with Crippen LogP contribution >= 0.6 is 0 Å². The molecular weight excluding hydrogens is 374 g/mol. The van der Waals surface area contributed by atoms with Crippen LogP contribution in [0.1, 0.15) is 13.3 Å². The monoisotopic (exact) mass is 405 g/mol. The van der Waals surface area contributed by atoms with Crippen LogP contribution in [0.15, 0.2) is 47.8 Å². The first kappa shape index (κ1) is 20.4. The van der Waals surface area contributed by atoms with Gasteiger partial charge in [-0.05, 0) is 43.8 Å². The Balaban J connectivity index is 1.56. The van der Waals surface area contributed by atoms with E-state index >= 15 is 0 Å². The first-order valence-electron chi connectivity index (χ1n) is 10.8. The van der Waals surface area contributed by atoms with Crippen molar-refractivity contribution in [3.05, 3.63) is 53.2 Å². The number of hydrogen-bond donors (Lipinski definition) is 2. The number of nitrogen functional groups attached to an aromatic ring is 1. The second-order valence-corrected chi connectivity index (χ2v) is 7.88. The number of nitrogens with zero attached hydrogens (tertiary/aromatic N) is 3. The summed E-state index contributed by atoms with van der Waals surface area (Å²) in [6, 6.07) is 11.4. The molecule has 158 valence electrons. The highest BCUT2D eigenvalue weighted by Crippen LogP contribution is 2.29. The summed E-state index contributed by atoms with van der Waals surface area (Å²) < 4.78 is 1.92. The van der Waals surface area contributed by atoms with Crippen LogP contribution in [0, 0.1) is 0 Å². The molecule has 0 amide bonds. The molecule has 0 bridgehead atoms. The molecule has 1 aromatic heterocycles. The smallest absolute Gasteiger partial charge is 0.199 e. The summed E-state index contributed by atoms with van der Waals surface area (Å²) in [5, 5.41) is 4.79. The van der Waals surface area contributed by atoms with Gasteiger partial charge in [0.15, 0.2) is 5.43 Å². The minimum absolute atomic E-state index is 0.00388. The molecule has 1 saturated heterocycles. The lowest BCUT2D eigenvalue weighted by Gasteiger charge is -2.34. The molecule has 0 aliphatic carbocycles. The number of anilines is 2. The minimum atomic E-state index is 0.00388. The molecule has 4 rings (SSSR count). The summed E-state index contributed by atoms with van der Waals surface area (Å²) >= 11 is 0. The third kappa shape index (κ3) is 3.80. The van der Waals surface area contributed by atoms with Gasteiger partial charge in [0.25, 0.3) is 0 Å². The molecule has 6 nitrogen and oxygen atoms in total. The van der Waals surface area contributed by atoms with E-state index in [1.807, 2.05) is 41.0 Å². The van der Waals surface area contributed by atoms with Crippen molar-refractivity contribution < 1.29 is 0 Å². The second kappa shape index (κ2) is 8.90. The summed E-state index contributed by atoms with van der Waals surface area (Å²) in [6.07, 6.45) is 2.75. The van der Waals surface area contributed by atoms with Crippen molar-refractivity contribution in [2.45, 2.75) is 13.3 Å². The Morgan fingerprint density at radius 1 is 1.10 bits per heavy atom. The van der Waals surface area contributed by atoms with Gasteiger partial charge in [-0.25, -0.2) is 0 Å². The van der Waals surface area contributed by atoms with Gasteiger partial charge in [0, 0.05) is 50.0 Å². The SMILES string of the molecule is C=Cn1c2ccccc2c(=O)c2c(NCCCN3CCN(CC)CC3)ccc(N)c21. The Bertz CT molecular complexity index is 1110. The average molecular weight is 406 g/mol. The summed E-state index contributed by atoms with van der Waals surface area (Å²) in [4.78, 5) is 18.3. The molecule has 6 heteroatoms. The Morgan fingerprint density at radius 3 is 2.57 bits per heavy atom. The maximum atomic E-state index is 13.3. The third-order valence-corrected chi connectivity index (χ3v) is 6.15. The molecular formula is C24H31N5O. The van der Waals surface area contributed by atoms with Crippen LogP contribution in [0.25, 0.3) is 28.0 Å². The number of fused-ring (bicyclic) bond motifs is 2. The topological polar surface area (TPSA) is 66.5 Å². The van der Waals surface area contributed by atoms with Gasteiger partial charge in [-0.2, -0.15) is 0 Å². The Labute approximate surface area is 177 Å². The molecule has 0 radical (unpaired) electrons. The van der Waals surface area contributed by atoms with E-state index in [2.05, 4.69) is 28.6 Å². The molecule has 3 N–H and O–H groups in total. The fourth-order valence-electron chi connectivity index (χ4n) is 4.42. The number of pyridine rings is 1. The van der Waals surface area contributed by atoms with E-state index in [4.69, 9.17) is 5.73 Å². The van der Waals surface area contributed by atoms with Crippen LogP contribution in [-0.4, -0.2) is 60.2 Å². The molecule has 0 atom stereocenters. The predicted molar refractivity (Wildman–Crippen MR) is 128 cm³/mol. The zero-order chi connectivity index (χ0) is 21.1. The van der Waals surface area contributed by atoms with Crippen LogP contribution in [0.4, 0.5) is 11.4 Å². The number of para-hydroxylation sites is 1. The largest absolute Gasteiger partial charge is 0.397 e. The van der Waals surface area contributed by atoms with Crippen molar-refractivity contribution in [1.29, 1.82) is 0 Å². The molecule has 1 aliphatic heterocycles. The van der Waals surface area contributed by atoms with E-state index < -0.39 is 0 Å². The normalized spacial score (nSPS) is 15.6. The molecule has 2 heterocycles. The second-order valence-electron chi connectivity index (χ2n) is 7.88. The van der Waals surface area contributed by atoms with Crippen molar-refractivity contribution in [3.63, 3.8) is 0 Å². The number of benzene rings is 2. The van der Waals surface area contributed by atoms with E-state index in [-0.39, 0.29) is 5.43 Å². The van der Waals surface area contributed by atoms with Crippen molar-refractivity contribution >= 4 is 39.4 Å². The van der Waals surface area contributed by atoms with Crippen molar-refractivity contribution in [1.82, 2.24) is 14.4 Å². The minimum Gasteiger partial charge on any atom is -0.397 e. The van der Waals surface area contributed by atoms with Crippen LogP contribution < -0.4 is 16.5 Å². The lowest BCUT2D eigenvalue weighted by Crippen LogP contribution is -2.46. The first-order valence-corrected chi connectivity index (χ1v) is 10.8. The molecule has 0 spiro atoms. The molecule has 30 heavy (non-hydrogen) atoms. The molecule has 1 aliphatic rings. The quantitative estimate of drug-likeness (QED) is 0.359. The fraction of sp³-hybridized carbons (Fsp3) is 0.375. The summed E-state index contributed by atoms with van der Waals surface area (Å²) in [5.41, 5.74) is 9.24. The number of aromatic nitrogens is 1.